The Balaban J connectivity index is 2.19. The molecule has 0 aliphatic heterocycles. The van der Waals surface area contributed by atoms with Crippen LogP contribution < -0.4 is 15.7 Å². The molecule has 0 saturated carbocycles. The van der Waals surface area contributed by atoms with Crippen LogP contribution in [0, 0.1) is 0 Å². The van der Waals surface area contributed by atoms with Gasteiger partial charge in [-0.05, 0) is 24.3 Å². The normalized spacial score (nSPS) is 10.9. The van der Waals surface area contributed by atoms with Gasteiger partial charge in [-0.2, -0.15) is 0 Å². The fraction of sp³-hybridized carbons (Fsp3) is 0. The molecule has 2 rings (SSSR count). The molecule has 0 fully saturated rings. The Morgan fingerprint density at radius 2 is 1.50 bits per heavy atom. The molecule has 2 heteroatoms. The number of hydrogen-bond donors (Lipinski definition) is 0. The van der Waals surface area contributed by atoms with E-state index in [1.807, 2.05) is 30.3 Å². The third-order valence-electron chi connectivity index (χ3n) is 1.99. The maximum Gasteiger partial charge on any atom is 0.0942 e. The highest BCUT2D eigenvalue weighted by Crippen LogP contribution is 2.12. The topological polar surface area (TPSA) is 23.1 Å². The van der Waals surface area contributed by atoms with Crippen LogP contribution in [-0.2, 0) is 0 Å². The largest absolute Gasteiger partial charge is 0.872 e. The van der Waals surface area contributed by atoms with Gasteiger partial charge in [0.05, 0.1) is 19.2 Å². The van der Waals surface area contributed by atoms with Gasteiger partial charge < -0.3 is 5.11 Å². The van der Waals surface area contributed by atoms with E-state index in [1.54, 1.807) is 12.1 Å². The molecular formula is C12H11OP. The van der Waals surface area contributed by atoms with E-state index in [0.717, 1.165) is 5.30 Å². The summed E-state index contributed by atoms with van der Waals surface area (Å²) in [6.45, 7) is 0. The van der Waals surface area contributed by atoms with Crippen LogP contribution in [0.1, 0.15) is 0 Å². The van der Waals surface area contributed by atoms with Crippen molar-refractivity contribution in [1.29, 1.82) is 0 Å². The molecule has 0 heterocycles. The second-order valence-corrected chi connectivity index (χ2v) is 4.75. The van der Waals surface area contributed by atoms with E-state index in [2.05, 4.69) is 12.1 Å². The fourth-order valence-electron chi connectivity index (χ4n) is 1.35. The summed E-state index contributed by atoms with van der Waals surface area (Å²) in [4.78, 5) is 0. The fourth-order valence-corrected chi connectivity index (χ4v) is 2.60. The first-order valence-corrected chi connectivity index (χ1v) is 5.67. The molecule has 1 atom stereocenters. The van der Waals surface area contributed by atoms with Crippen LogP contribution in [0.5, 0.6) is 5.75 Å². The molecule has 2 aromatic rings. The standard InChI is InChI=1S/C12H11OP/c13-10-5-4-8-12(9-10)14-11-6-2-1-3-7-11/h1-9,13-14H. The Labute approximate surface area is 85.2 Å². The number of rotatable bonds is 2. The second kappa shape index (κ2) is 4.26. The third-order valence-corrected chi connectivity index (χ3v) is 3.40. The van der Waals surface area contributed by atoms with E-state index < -0.39 is 0 Å². The quantitative estimate of drug-likeness (QED) is 0.669. The van der Waals surface area contributed by atoms with E-state index in [1.165, 1.54) is 5.30 Å². The van der Waals surface area contributed by atoms with Gasteiger partial charge in [0, 0.05) is 0 Å². The Morgan fingerprint density at radius 1 is 0.786 bits per heavy atom. The van der Waals surface area contributed by atoms with Crippen molar-refractivity contribution >= 4 is 19.2 Å². The van der Waals surface area contributed by atoms with Crippen molar-refractivity contribution in [3.63, 3.8) is 0 Å². The highest BCUT2D eigenvalue weighted by molar-refractivity contribution is 7.55. The first-order valence-electron chi connectivity index (χ1n) is 4.51. The van der Waals surface area contributed by atoms with Crippen molar-refractivity contribution in [2.24, 2.45) is 0 Å². The van der Waals surface area contributed by atoms with Gasteiger partial charge in [-0.1, -0.05) is 30.3 Å². The molecule has 1 nitrogen and oxygen atoms in total. The summed E-state index contributed by atoms with van der Waals surface area (Å²) in [5.74, 6) is 0.103. The average molecular weight is 202 g/mol. The summed E-state index contributed by atoms with van der Waals surface area (Å²) in [6, 6.07) is 17.4. The average Bonchev–Trinajstić information content (AvgIpc) is 2.19. The third kappa shape index (κ3) is 2.34. The zero-order valence-electron chi connectivity index (χ0n) is 7.68. The van der Waals surface area contributed by atoms with Gasteiger partial charge in [0.1, 0.15) is 0 Å². The van der Waals surface area contributed by atoms with Gasteiger partial charge in [0.25, 0.3) is 0 Å². The molecule has 14 heavy (non-hydrogen) atoms. The Bertz CT molecular complexity index is 412. The minimum absolute atomic E-state index is 0.0588. The van der Waals surface area contributed by atoms with Crippen LogP contribution in [-0.4, -0.2) is 0 Å². The van der Waals surface area contributed by atoms with Crippen LogP contribution in [0.4, 0.5) is 0 Å². The number of hydrogen-bond acceptors (Lipinski definition) is 1. The van der Waals surface area contributed by atoms with E-state index in [0.29, 0.717) is 0 Å². The summed E-state index contributed by atoms with van der Waals surface area (Å²) in [6.07, 6.45) is 0. The summed E-state index contributed by atoms with van der Waals surface area (Å²) < 4.78 is 0. The summed E-state index contributed by atoms with van der Waals surface area (Å²) in [5.41, 5.74) is 0. The molecule has 0 aromatic heterocycles. The van der Waals surface area contributed by atoms with Gasteiger partial charge in [-0.15, -0.1) is 5.75 Å². The zero-order valence-corrected chi connectivity index (χ0v) is 8.84. The highest BCUT2D eigenvalue weighted by Gasteiger charge is 2.01. The van der Waals surface area contributed by atoms with Gasteiger partial charge in [-0.25, -0.2) is 0 Å². The lowest BCUT2D eigenvalue weighted by molar-refractivity contribution is -0.268. The van der Waals surface area contributed by atoms with E-state index in [-0.39, 0.29) is 14.3 Å². The van der Waals surface area contributed by atoms with Crippen LogP contribution >= 0.6 is 8.58 Å². The van der Waals surface area contributed by atoms with Gasteiger partial charge in [-0.3, -0.25) is 0 Å². The summed E-state index contributed by atoms with van der Waals surface area (Å²) in [5, 5.41) is 13.6. The lowest BCUT2D eigenvalue weighted by Gasteiger charge is -2.03. The second-order valence-electron chi connectivity index (χ2n) is 3.13. The molecule has 0 aliphatic carbocycles. The molecule has 0 saturated heterocycles. The Kier molecular flexibility index (Phi) is 2.81. The highest BCUT2D eigenvalue weighted by atomic mass is 31.1. The Morgan fingerprint density at radius 3 is 2.21 bits per heavy atom. The Hall–Kier alpha value is -1.33. The van der Waals surface area contributed by atoms with Crippen molar-refractivity contribution in [2.45, 2.75) is 0 Å². The molecule has 0 aliphatic rings. The molecule has 0 N–H and O–H groups in total. The minimum atomic E-state index is 0.0588. The lowest BCUT2D eigenvalue weighted by atomic mass is 10.3. The van der Waals surface area contributed by atoms with Gasteiger partial charge >= 0.3 is 0 Å². The molecule has 0 radical (unpaired) electrons. The molecular weight excluding hydrogens is 191 g/mol. The van der Waals surface area contributed by atoms with Crippen molar-refractivity contribution in [3.8, 4) is 5.75 Å². The zero-order chi connectivity index (χ0) is 9.80. The molecule has 1 unspecified atom stereocenters. The molecule has 0 bridgehead atoms. The van der Waals surface area contributed by atoms with Crippen LogP contribution in [0.2, 0.25) is 0 Å². The van der Waals surface area contributed by atoms with E-state index in [4.69, 9.17) is 0 Å². The van der Waals surface area contributed by atoms with Crippen LogP contribution in [0.15, 0.2) is 54.6 Å². The first kappa shape index (κ1) is 9.23. The molecule has 2 aromatic carbocycles. The maximum absolute atomic E-state index is 11.1. The molecule has 70 valence electrons. The maximum atomic E-state index is 11.1. The number of benzene rings is 2. The van der Waals surface area contributed by atoms with E-state index in [9.17, 15) is 5.11 Å². The van der Waals surface area contributed by atoms with Crippen molar-refractivity contribution in [2.75, 3.05) is 0 Å². The first-order chi connectivity index (χ1) is 6.84. The van der Waals surface area contributed by atoms with Crippen LogP contribution in [0.3, 0.4) is 0 Å². The van der Waals surface area contributed by atoms with Gasteiger partial charge in [0.15, 0.2) is 0 Å². The minimum Gasteiger partial charge on any atom is -0.872 e. The lowest BCUT2D eigenvalue weighted by Crippen LogP contribution is -2.03. The predicted molar refractivity (Wildman–Crippen MR) is 61.3 cm³/mol. The van der Waals surface area contributed by atoms with E-state index >= 15 is 0 Å². The smallest absolute Gasteiger partial charge is 0.0942 e. The van der Waals surface area contributed by atoms with Crippen molar-refractivity contribution in [1.82, 2.24) is 0 Å². The van der Waals surface area contributed by atoms with Crippen molar-refractivity contribution < 1.29 is 5.11 Å². The SMILES string of the molecule is [O-]c1cccc([PH2+]c2ccccc2)c1. The summed E-state index contributed by atoms with van der Waals surface area (Å²) in [7, 11) is 0.0588. The monoisotopic (exact) mass is 202 g/mol. The molecule has 0 spiro atoms. The summed E-state index contributed by atoms with van der Waals surface area (Å²) >= 11 is 0. The predicted octanol–water partition coefficient (Wildman–Crippen LogP) is 1.12. The van der Waals surface area contributed by atoms with Gasteiger partial charge in [0.2, 0.25) is 0 Å². The van der Waals surface area contributed by atoms with Crippen LogP contribution in [0.25, 0.3) is 0 Å². The molecule has 0 amide bonds. The van der Waals surface area contributed by atoms with Crippen molar-refractivity contribution in [3.05, 3.63) is 54.6 Å².